The first-order valence-corrected chi connectivity index (χ1v) is 5.58. The number of nitrogens with zero attached hydrogens (tertiary/aromatic N) is 4. The van der Waals surface area contributed by atoms with E-state index in [-0.39, 0.29) is 0 Å². The number of fused-ring (bicyclic) bond motifs is 1. The van der Waals surface area contributed by atoms with E-state index in [4.69, 9.17) is 4.52 Å². The Morgan fingerprint density at radius 2 is 2.18 bits per heavy atom. The molecule has 5 nitrogen and oxygen atoms in total. The van der Waals surface area contributed by atoms with Gasteiger partial charge in [-0.1, -0.05) is 24.2 Å². The Balaban J connectivity index is 1.94. The second-order valence-electron chi connectivity index (χ2n) is 3.82. The quantitative estimate of drug-likeness (QED) is 0.688. The minimum atomic E-state index is 0.587. The molecule has 0 fully saturated rings. The van der Waals surface area contributed by atoms with Crippen LogP contribution in [0.25, 0.3) is 11.0 Å². The van der Waals surface area contributed by atoms with Gasteiger partial charge in [0.2, 0.25) is 5.89 Å². The third kappa shape index (κ3) is 1.80. The number of aryl methyl sites for hydroxylation is 1. The van der Waals surface area contributed by atoms with Gasteiger partial charge < -0.3 is 9.09 Å². The summed E-state index contributed by atoms with van der Waals surface area (Å²) >= 11 is 0. The van der Waals surface area contributed by atoms with Crippen LogP contribution in [0.2, 0.25) is 0 Å². The van der Waals surface area contributed by atoms with Crippen molar-refractivity contribution < 1.29 is 4.52 Å². The highest BCUT2D eigenvalue weighted by atomic mass is 16.5. The number of hydrogen-bond acceptors (Lipinski definition) is 4. The summed E-state index contributed by atoms with van der Waals surface area (Å²) in [4.78, 5) is 8.60. The summed E-state index contributed by atoms with van der Waals surface area (Å²) < 4.78 is 7.09. The molecule has 0 amide bonds. The molecule has 0 aliphatic carbocycles. The summed E-state index contributed by atoms with van der Waals surface area (Å²) in [7, 11) is 0. The fourth-order valence-electron chi connectivity index (χ4n) is 1.79. The SMILES string of the molecule is CCc1nc(Cn2cnc3ccccc32)no1. The Bertz CT molecular complexity index is 641. The predicted molar refractivity (Wildman–Crippen MR) is 62.5 cm³/mol. The zero-order valence-electron chi connectivity index (χ0n) is 9.50. The highest BCUT2D eigenvalue weighted by Gasteiger charge is 2.07. The van der Waals surface area contributed by atoms with Gasteiger partial charge in [0.05, 0.1) is 23.9 Å². The minimum absolute atomic E-state index is 0.587. The van der Waals surface area contributed by atoms with Gasteiger partial charge in [0.25, 0.3) is 0 Å². The first kappa shape index (κ1) is 10.0. The van der Waals surface area contributed by atoms with Gasteiger partial charge in [0.15, 0.2) is 5.82 Å². The smallest absolute Gasteiger partial charge is 0.226 e. The van der Waals surface area contributed by atoms with Crippen molar-refractivity contribution in [2.75, 3.05) is 0 Å². The predicted octanol–water partition coefficient (Wildman–Crippen LogP) is 2.03. The van der Waals surface area contributed by atoms with Crippen LogP contribution < -0.4 is 0 Å². The van der Waals surface area contributed by atoms with E-state index >= 15 is 0 Å². The van der Waals surface area contributed by atoms with E-state index in [2.05, 4.69) is 15.1 Å². The maximum absolute atomic E-state index is 5.08. The Morgan fingerprint density at radius 1 is 1.29 bits per heavy atom. The van der Waals surface area contributed by atoms with Gasteiger partial charge in [-0.25, -0.2) is 4.98 Å². The second kappa shape index (κ2) is 4.01. The standard InChI is InChI=1S/C12H12N4O/c1-2-12-14-11(15-17-12)7-16-8-13-9-5-3-4-6-10(9)16/h3-6,8H,2,7H2,1H3. The summed E-state index contributed by atoms with van der Waals surface area (Å²) in [6.45, 7) is 2.58. The first-order chi connectivity index (χ1) is 8.36. The fourth-order valence-corrected chi connectivity index (χ4v) is 1.79. The number of imidazole rings is 1. The van der Waals surface area contributed by atoms with Crippen molar-refractivity contribution in [2.24, 2.45) is 0 Å². The molecule has 0 aliphatic rings. The molecule has 2 heterocycles. The van der Waals surface area contributed by atoms with Crippen molar-refractivity contribution in [3.05, 3.63) is 42.3 Å². The summed E-state index contributed by atoms with van der Waals surface area (Å²) in [5.74, 6) is 1.36. The topological polar surface area (TPSA) is 56.7 Å². The lowest BCUT2D eigenvalue weighted by atomic mass is 10.3. The zero-order valence-corrected chi connectivity index (χ0v) is 9.50. The lowest BCUT2D eigenvalue weighted by molar-refractivity contribution is 0.375. The van der Waals surface area contributed by atoms with Crippen LogP contribution in [-0.4, -0.2) is 19.7 Å². The number of hydrogen-bond donors (Lipinski definition) is 0. The third-order valence-electron chi connectivity index (χ3n) is 2.65. The van der Waals surface area contributed by atoms with Gasteiger partial charge in [-0.3, -0.25) is 0 Å². The van der Waals surface area contributed by atoms with Crippen molar-refractivity contribution >= 4 is 11.0 Å². The molecule has 0 aliphatic heterocycles. The summed E-state index contributed by atoms with van der Waals surface area (Å²) in [6.07, 6.45) is 2.56. The zero-order chi connectivity index (χ0) is 11.7. The molecule has 0 atom stereocenters. The van der Waals surface area contributed by atoms with Gasteiger partial charge in [-0.2, -0.15) is 4.98 Å². The highest BCUT2D eigenvalue weighted by molar-refractivity contribution is 5.74. The van der Waals surface area contributed by atoms with Gasteiger partial charge in [0, 0.05) is 6.42 Å². The van der Waals surface area contributed by atoms with E-state index < -0.39 is 0 Å². The molecule has 0 saturated heterocycles. The van der Waals surface area contributed by atoms with Crippen LogP contribution in [0.3, 0.4) is 0 Å². The van der Waals surface area contributed by atoms with E-state index in [0.717, 1.165) is 17.5 Å². The summed E-state index contributed by atoms with van der Waals surface area (Å²) in [5.41, 5.74) is 2.06. The van der Waals surface area contributed by atoms with Crippen LogP contribution in [0.1, 0.15) is 18.6 Å². The van der Waals surface area contributed by atoms with Crippen molar-refractivity contribution in [3.63, 3.8) is 0 Å². The molecule has 0 unspecified atom stereocenters. The van der Waals surface area contributed by atoms with Crippen LogP contribution >= 0.6 is 0 Å². The fraction of sp³-hybridized carbons (Fsp3) is 0.250. The van der Waals surface area contributed by atoms with E-state index in [9.17, 15) is 0 Å². The summed E-state index contributed by atoms with van der Waals surface area (Å²) in [6, 6.07) is 7.99. The Kier molecular flexibility index (Phi) is 2.36. The molecule has 5 heteroatoms. The van der Waals surface area contributed by atoms with E-state index in [1.165, 1.54) is 0 Å². The van der Waals surface area contributed by atoms with E-state index in [0.29, 0.717) is 18.3 Å². The van der Waals surface area contributed by atoms with Gasteiger partial charge in [-0.15, -0.1) is 0 Å². The minimum Gasteiger partial charge on any atom is -0.339 e. The maximum atomic E-state index is 5.08. The Morgan fingerprint density at radius 3 is 3.00 bits per heavy atom. The summed E-state index contributed by atoms with van der Waals surface area (Å²) in [5, 5.41) is 3.93. The molecule has 0 radical (unpaired) electrons. The lowest BCUT2D eigenvalue weighted by Gasteiger charge is -1.98. The molecule has 3 rings (SSSR count). The molecule has 1 aromatic carbocycles. The van der Waals surface area contributed by atoms with Gasteiger partial charge in [0.1, 0.15) is 0 Å². The van der Waals surface area contributed by atoms with Crippen LogP contribution in [0, 0.1) is 0 Å². The maximum Gasteiger partial charge on any atom is 0.226 e. The third-order valence-corrected chi connectivity index (χ3v) is 2.65. The first-order valence-electron chi connectivity index (χ1n) is 5.58. The van der Waals surface area contributed by atoms with Crippen LogP contribution in [0.5, 0.6) is 0 Å². The molecule has 3 aromatic rings. The average molecular weight is 228 g/mol. The van der Waals surface area contributed by atoms with Crippen LogP contribution in [-0.2, 0) is 13.0 Å². The molecule has 0 spiro atoms. The average Bonchev–Trinajstić information content (AvgIpc) is 2.97. The number of rotatable bonds is 3. The number of benzene rings is 1. The monoisotopic (exact) mass is 228 g/mol. The molecular weight excluding hydrogens is 216 g/mol. The normalized spacial score (nSPS) is 11.1. The van der Waals surface area contributed by atoms with Crippen molar-refractivity contribution in [1.82, 2.24) is 19.7 Å². The molecule has 0 bridgehead atoms. The van der Waals surface area contributed by atoms with Crippen molar-refractivity contribution in [3.8, 4) is 0 Å². The lowest BCUT2D eigenvalue weighted by Crippen LogP contribution is -1.99. The molecular formula is C12H12N4O. The molecule has 2 aromatic heterocycles. The van der Waals surface area contributed by atoms with E-state index in [1.54, 1.807) is 6.33 Å². The highest BCUT2D eigenvalue weighted by Crippen LogP contribution is 2.12. The number of para-hydroxylation sites is 2. The Hall–Kier alpha value is -2.17. The Labute approximate surface area is 98.1 Å². The van der Waals surface area contributed by atoms with Crippen LogP contribution in [0.4, 0.5) is 0 Å². The van der Waals surface area contributed by atoms with Gasteiger partial charge in [-0.05, 0) is 12.1 Å². The molecule has 0 N–H and O–H groups in total. The van der Waals surface area contributed by atoms with Gasteiger partial charge >= 0.3 is 0 Å². The number of aromatic nitrogens is 4. The molecule has 86 valence electrons. The second-order valence-corrected chi connectivity index (χ2v) is 3.82. The van der Waals surface area contributed by atoms with E-state index in [1.807, 2.05) is 35.8 Å². The largest absolute Gasteiger partial charge is 0.339 e. The van der Waals surface area contributed by atoms with Crippen molar-refractivity contribution in [2.45, 2.75) is 19.9 Å². The van der Waals surface area contributed by atoms with Crippen LogP contribution in [0.15, 0.2) is 35.1 Å². The molecule has 17 heavy (non-hydrogen) atoms. The molecule has 0 saturated carbocycles. The van der Waals surface area contributed by atoms with Crippen molar-refractivity contribution in [1.29, 1.82) is 0 Å².